The third-order valence-electron chi connectivity index (χ3n) is 3.72. The molecule has 0 heterocycles. The van der Waals surface area contributed by atoms with E-state index in [0.717, 1.165) is 18.5 Å². The molecule has 3 heteroatoms. The van der Waals surface area contributed by atoms with Gasteiger partial charge in [-0.3, -0.25) is 0 Å². The molecule has 0 aromatic heterocycles. The highest BCUT2D eigenvalue weighted by Gasteiger charge is 2.10. The number of phenols is 1. The summed E-state index contributed by atoms with van der Waals surface area (Å²) < 4.78 is 5.06. The van der Waals surface area contributed by atoms with Crippen molar-refractivity contribution in [3.63, 3.8) is 0 Å². The number of phenolic OH excluding ortho intramolecular Hbond substituents is 1. The van der Waals surface area contributed by atoms with Crippen molar-refractivity contribution >= 4 is 5.69 Å². The number of rotatable bonds is 6. The van der Waals surface area contributed by atoms with E-state index in [0.29, 0.717) is 5.75 Å². The van der Waals surface area contributed by atoms with Crippen LogP contribution in [0.5, 0.6) is 11.5 Å². The molecule has 21 heavy (non-hydrogen) atoms. The highest BCUT2D eigenvalue weighted by Crippen LogP contribution is 2.31. The standard InChI is InChI=1S/C18H23NO2/c1-4-13-6-8-14(9-7-13)16(5-2)19-15-10-11-18(21-3)17(20)12-15/h6-12,16,19-20H,4-5H2,1-3H3. The summed E-state index contributed by atoms with van der Waals surface area (Å²) in [5.74, 6) is 0.639. The average molecular weight is 285 g/mol. The second-order valence-electron chi connectivity index (χ2n) is 5.09. The van der Waals surface area contributed by atoms with Gasteiger partial charge in [0.25, 0.3) is 0 Å². The van der Waals surface area contributed by atoms with E-state index in [9.17, 15) is 5.11 Å². The Bertz CT molecular complexity index is 578. The fourth-order valence-electron chi connectivity index (χ4n) is 2.39. The fourth-order valence-corrected chi connectivity index (χ4v) is 2.39. The maximum Gasteiger partial charge on any atom is 0.160 e. The van der Waals surface area contributed by atoms with E-state index < -0.39 is 0 Å². The van der Waals surface area contributed by atoms with Crippen molar-refractivity contribution in [2.45, 2.75) is 32.7 Å². The number of ether oxygens (including phenoxy) is 1. The number of aromatic hydroxyl groups is 1. The first-order chi connectivity index (χ1) is 10.2. The molecule has 2 aromatic rings. The lowest BCUT2D eigenvalue weighted by Crippen LogP contribution is -2.09. The normalized spacial score (nSPS) is 12.0. The van der Waals surface area contributed by atoms with Crippen LogP contribution in [-0.2, 0) is 6.42 Å². The Morgan fingerprint density at radius 2 is 1.81 bits per heavy atom. The van der Waals surface area contributed by atoms with E-state index in [2.05, 4.69) is 43.4 Å². The summed E-state index contributed by atoms with van der Waals surface area (Å²) in [6.45, 7) is 4.31. The summed E-state index contributed by atoms with van der Waals surface area (Å²) >= 11 is 0. The average Bonchev–Trinajstić information content (AvgIpc) is 2.53. The Kier molecular flexibility index (Phi) is 5.09. The third-order valence-corrected chi connectivity index (χ3v) is 3.72. The summed E-state index contributed by atoms with van der Waals surface area (Å²) in [6, 6.07) is 14.3. The smallest absolute Gasteiger partial charge is 0.160 e. The van der Waals surface area contributed by atoms with E-state index in [1.54, 1.807) is 19.2 Å². The number of methoxy groups -OCH3 is 1. The molecule has 0 bridgehead atoms. The van der Waals surface area contributed by atoms with E-state index in [4.69, 9.17) is 4.74 Å². The van der Waals surface area contributed by atoms with E-state index >= 15 is 0 Å². The number of hydrogen-bond acceptors (Lipinski definition) is 3. The van der Waals surface area contributed by atoms with Crippen molar-refractivity contribution in [2.75, 3.05) is 12.4 Å². The summed E-state index contributed by atoms with van der Waals surface area (Å²) in [6.07, 6.45) is 2.02. The lowest BCUT2D eigenvalue weighted by atomic mass is 10.0. The second-order valence-corrected chi connectivity index (χ2v) is 5.09. The number of hydrogen-bond donors (Lipinski definition) is 2. The summed E-state index contributed by atoms with van der Waals surface area (Å²) in [5.41, 5.74) is 3.49. The minimum absolute atomic E-state index is 0.152. The lowest BCUT2D eigenvalue weighted by molar-refractivity contribution is 0.373. The molecule has 0 saturated heterocycles. The van der Waals surface area contributed by atoms with E-state index in [1.807, 2.05) is 6.07 Å². The summed E-state index contributed by atoms with van der Waals surface area (Å²) in [4.78, 5) is 0. The molecular weight excluding hydrogens is 262 g/mol. The molecule has 0 radical (unpaired) electrons. The molecular formula is C18H23NO2. The minimum Gasteiger partial charge on any atom is -0.504 e. The van der Waals surface area contributed by atoms with Crippen LogP contribution >= 0.6 is 0 Å². The zero-order chi connectivity index (χ0) is 15.2. The van der Waals surface area contributed by atoms with Crippen molar-refractivity contribution in [3.8, 4) is 11.5 Å². The van der Waals surface area contributed by atoms with Crippen LogP contribution in [0.3, 0.4) is 0 Å². The Labute approximate surface area is 126 Å². The van der Waals surface area contributed by atoms with E-state index in [-0.39, 0.29) is 11.8 Å². The van der Waals surface area contributed by atoms with Gasteiger partial charge in [-0.05, 0) is 36.1 Å². The van der Waals surface area contributed by atoms with Crippen molar-refractivity contribution < 1.29 is 9.84 Å². The molecule has 112 valence electrons. The van der Waals surface area contributed by atoms with Gasteiger partial charge in [-0.2, -0.15) is 0 Å². The number of anilines is 1. The molecule has 0 aliphatic carbocycles. The van der Waals surface area contributed by atoms with Gasteiger partial charge in [0.1, 0.15) is 0 Å². The van der Waals surface area contributed by atoms with Gasteiger partial charge in [0.15, 0.2) is 11.5 Å². The molecule has 0 aliphatic rings. The van der Waals surface area contributed by atoms with Crippen LogP contribution in [0.4, 0.5) is 5.69 Å². The van der Waals surface area contributed by atoms with Crippen LogP contribution in [0, 0.1) is 0 Å². The first-order valence-electron chi connectivity index (χ1n) is 7.40. The number of nitrogens with one attached hydrogen (secondary N) is 1. The van der Waals surface area contributed by atoms with Gasteiger partial charge in [-0.15, -0.1) is 0 Å². The van der Waals surface area contributed by atoms with Crippen molar-refractivity contribution in [1.82, 2.24) is 0 Å². The van der Waals surface area contributed by atoms with Gasteiger partial charge in [-0.25, -0.2) is 0 Å². The van der Waals surface area contributed by atoms with Gasteiger partial charge in [0.2, 0.25) is 0 Å². The molecule has 3 nitrogen and oxygen atoms in total. The maximum absolute atomic E-state index is 9.85. The lowest BCUT2D eigenvalue weighted by Gasteiger charge is -2.19. The molecule has 0 spiro atoms. The van der Waals surface area contributed by atoms with Gasteiger partial charge < -0.3 is 15.2 Å². The molecule has 1 unspecified atom stereocenters. The van der Waals surface area contributed by atoms with Gasteiger partial charge in [0.05, 0.1) is 13.2 Å². The van der Waals surface area contributed by atoms with Crippen molar-refractivity contribution in [2.24, 2.45) is 0 Å². The van der Waals surface area contributed by atoms with Crippen LogP contribution in [0.15, 0.2) is 42.5 Å². The molecule has 0 aliphatic heterocycles. The summed E-state index contributed by atoms with van der Waals surface area (Å²) in [5, 5.41) is 13.3. The SMILES string of the molecule is CCc1ccc(C(CC)Nc2ccc(OC)c(O)c2)cc1. The van der Waals surface area contributed by atoms with Gasteiger partial charge >= 0.3 is 0 Å². The first kappa shape index (κ1) is 15.2. The largest absolute Gasteiger partial charge is 0.504 e. The van der Waals surface area contributed by atoms with Crippen LogP contribution in [-0.4, -0.2) is 12.2 Å². The number of benzene rings is 2. The van der Waals surface area contributed by atoms with Crippen molar-refractivity contribution in [1.29, 1.82) is 0 Å². The van der Waals surface area contributed by atoms with Gasteiger partial charge in [-0.1, -0.05) is 38.1 Å². The Morgan fingerprint density at radius 3 is 2.33 bits per heavy atom. The van der Waals surface area contributed by atoms with Crippen LogP contribution < -0.4 is 10.1 Å². The Hall–Kier alpha value is -2.16. The quantitative estimate of drug-likeness (QED) is 0.819. The summed E-state index contributed by atoms with van der Waals surface area (Å²) in [7, 11) is 1.55. The molecule has 2 aromatic carbocycles. The Morgan fingerprint density at radius 1 is 1.10 bits per heavy atom. The fraction of sp³-hybridized carbons (Fsp3) is 0.333. The highest BCUT2D eigenvalue weighted by atomic mass is 16.5. The predicted octanol–water partition coefficient (Wildman–Crippen LogP) is 4.53. The highest BCUT2D eigenvalue weighted by molar-refractivity contribution is 5.55. The number of aryl methyl sites for hydroxylation is 1. The molecule has 0 fully saturated rings. The van der Waals surface area contributed by atoms with Crippen molar-refractivity contribution in [3.05, 3.63) is 53.6 Å². The molecule has 1 atom stereocenters. The van der Waals surface area contributed by atoms with Crippen LogP contribution in [0.1, 0.15) is 37.4 Å². The molecule has 2 N–H and O–H groups in total. The zero-order valence-corrected chi connectivity index (χ0v) is 12.9. The minimum atomic E-state index is 0.152. The topological polar surface area (TPSA) is 41.5 Å². The van der Waals surface area contributed by atoms with Gasteiger partial charge in [0, 0.05) is 11.8 Å². The third kappa shape index (κ3) is 3.69. The zero-order valence-electron chi connectivity index (χ0n) is 12.9. The second kappa shape index (κ2) is 7.02. The first-order valence-corrected chi connectivity index (χ1v) is 7.40. The molecule has 0 saturated carbocycles. The van der Waals surface area contributed by atoms with E-state index in [1.165, 1.54) is 11.1 Å². The van der Waals surface area contributed by atoms with Crippen LogP contribution in [0.2, 0.25) is 0 Å². The predicted molar refractivity (Wildman–Crippen MR) is 87.1 cm³/mol. The van der Waals surface area contributed by atoms with Crippen LogP contribution in [0.25, 0.3) is 0 Å². The molecule has 2 rings (SSSR count). The monoisotopic (exact) mass is 285 g/mol. The molecule has 0 amide bonds. The Balaban J connectivity index is 2.16. The maximum atomic E-state index is 9.85.